The van der Waals surface area contributed by atoms with Gasteiger partial charge in [-0.05, 0) is 24.3 Å². The maximum Gasteiger partial charge on any atom is 0.158 e. The summed E-state index contributed by atoms with van der Waals surface area (Å²) >= 11 is 1.57. The Morgan fingerprint density at radius 1 is 1.39 bits per heavy atom. The van der Waals surface area contributed by atoms with Crippen molar-refractivity contribution >= 4 is 27.4 Å². The van der Waals surface area contributed by atoms with Crippen molar-refractivity contribution in [3.63, 3.8) is 0 Å². The van der Waals surface area contributed by atoms with Crippen molar-refractivity contribution in [3.05, 3.63) is 17.3 Å². The van der Waals surface area contributed by atoms with Crippen molar-refractivity contribution in [2.45, 2.75) is 25.6 Å². The zero-order chi connectivity index (χ0) is 12.4. The summed E-state index contributed by atoms with van der Waals surface area (Å²) in [6.45, 7) is 1.97. The van der Waals surface area contributed by atoms with Gasteiger partial charge in [0.15, 0.2) is 5.82 Å². The molecule has 0 unspecified atom stereocenters. The van der Waals surface area contributed by atoms with Crippen molar-refractivity contribution in [3.8, 4) is 0 Å². The number of hydrogen-bond donors (Lipinski definition) is 1. The summed E-state index contributed by atoms with van der Waals surface area (Å²) in [6.07, 6.45) is 2.13. The number of hydrogen-bond acceptors (Lipinski definition) is 6. The van der Waals surface area contributed by atoms with Crippen LogP contribution in [0.5, 0.6) is 0 Å². The SMILES string of the molecule is Nc1nc(COC2CCOCC2)nc2sccc12. The van der Waals surface area contributed by atoms with Crippen LogP contribution in [0.4, 0.5) is 5.82 Å². The number of nitrogen functional groups attached to an aromatic ring is 1. The first kappa shape index (κ1) is 11.8. The van der Waals surface area contributed by atoms with Gasteiger partial charge in [-0.25, -0.2) is 9.97 Å². The van der Waals surface area contributed by atoms with Gasteiger partial charge in [0.05, 0.1) is 11.5 Å². The quantitative estimate of drug-likeness (QED) is 0.918. The molecule has 0 bridgehead atoms. The highest BCUT2D eigenvalue weighted by atomic mass is 32.1. The lowest BCUT2D eigenvalue weighted by molar-refractivity contribution is -0.0408. The lowest BCUT2D eigenvalue weighted by Gasteiger charge is -2.21. The van der Waals surface area contributed by atoms with Crippen molar-refractivity contribution in [2.75, 3.05) is 18.9 Å². The second-order valence-electron chi connectivity index (χ2n) is 4.29. The van der Waals surface area contributed by atoms with Crippen molar-refractivity contribution in [1.29, 1.82) is 0 Å². The lowest BCUT2D eigenvalue weighted by atomic mass is 10.2. The third-order valence-electron chi connectivity index (χ3n) is 3.02. The number of nitrogens with zero attached hydrogens (tertiary/aromatic N) is 2. The van der Waals surface area contributed by atoms with Crippen LogP contribution in [0.2, 0.25) is 0 Å². The Kier molecular flexibility index (Phi) is 3.40. The second kappa shape index (κ2) is 5.17. The Balaban J connectivity index is 1.70. The summed E-state index contributed by atoms with van der Waals surface area (Å²) in [6, 6.07) is 1.94. The van der Waals surface area contributed by atoms with Crippen LogP contribution in [0.3, 0.4) is 0 Å². The highest BCUT2D eigenvalue weighted by molar-refractivity contribution is 7.16. The summed E-state index contributed by atoms with van der Waals surface area (Å²) < 4.78 is 11.1. The van der Waals surface area contributed by atoms with Crippen LogP contribution in [-0.4, -0.2) is 29.3 Å². The van der Waals surface area contributed by atoms with Gasteiger partial charge in [-0.15, -0.1) is 11.3 Å². The van der Waals surface area contributed by atoms with Gasteiger partial charge in [0.25, 0.3) is 0 Å². The zero-order valence-electron chi connectivity index (χ0n) is 9.96. The molecule has 96 valence electrons. The topological polar surface area (TPSA) is 70.3 Å². The number of nitrogens with two attached hydrogens (primary N) is 1. The van der Waals surface area contributed by atoms with E-state index in [-0.39, 0.29) is 6.10 Å². The van der Waals surface area contributed by atoms with E-state index >= 15 is 0 Å². The summed E-state index contributed by atoms with van der Waals surface area (Å²) in [5, 5.41) is 2.90. The largest absolute Gasteiger partial charge is 0.383 e. The minimum atomic E-state index is 0.252. The van der Waals surface area contributed by atoms with Gasteiger partial charge < -0.3 is 15.2 Å². The molecule has 1 aliphatic rings. The fourth-order valence-corrected chi connectivity index (χ4v) is 2.81. The molecule has 0 radical (unpaired) electrons. The van der Waals surface area contributed by atoms with Crippen molar-refractivity contribution in [2.24, 2.45) is 0 Å². The van der Waals surface area contributed by atoms with Crippen LogP contribution in [0.25, 0.3) is 10.2 Å². The number of aromatic nitrogens is 2. The number of ether oxygens (including phenoxy) is 2. The monoisotopic (exact) mass is 265 g/mol. The highest BCUT2D eigenvalue weighted by Crippen LogP contribution is 2.23. The molecule has 2 aromatic heterocycles. The molecule has 0 saturated carbocycles. The van der Waals surface area contributed by atoms with Crippen LogP contribution < -0.4 is 5.73 Å². The summed E-state index contributed by atoms with van der Waals surface area (Å²) in [5.41, 5.74) is 5.89. The first-order valence-electron chi connectivity index (χ1n) is 6.02. The molecule has 0 aliphatic carbocycles. The predicted molar refractivity (Wildman–Crippen MR) is 70.5 cm³/mol. The first-order valence-corrected chi connectivity index (χ1v) is 6.90. The standard InChI is InChI=1S/C12H15N3O2S/c13-11-9-3-6-18-12(9)15-10(14-11)7-17-8-1-4-16-5-2-8/h3,6,8H,1-2,4-5,7H2,(H2,13,14,15). The van der Waals surface area contributed by atoms with Gasteiger partial charge in [0.1, 0.15) is 17.3 Å². The molecule has 0 aromatic carbocycles. The van der Waals surface area contributed by atoms with E-state index in [0.29, 0.717) is 18.2 Å². The lowest BCUT2D eigenvalue weighted by Crippen LogP contribution is -2.23. The Hall–Kier alpha value is -1.24. The van der Waals surface area contributed by atoms with Crippen LogP contribution in [0.15, 0.2) is 11.4 Å². The first-order chi connectivity index (χ1) is 8.83. The van der Waals surface area contributed by atoms with E-state index in [4.69, 9.17) is 15.2 Å². The number of thiophene rings is 1. The van der Waals surface area contributed by atoms with E-state index < -0.39 is 0 Å². The fourth-order valence-electron chi connectivity index (χ4n) is 2.02. The number of fused-ring (bicyclic) bond motifs is 1. The molecule has 6 heteroatoms. The molecular weight excluding hydrogens is 250 g/mol. The molecule has 3 heterocycles. The predicted octanol–water partition coefficient (Wildman–Crippen LogP) is 1.97. The van der Waals surface area contributed by atoms with E-state index in [1.54, 1.807) is 11.3 Å². The molecule has 3 rings (SSSR count). The smallest absolute Gasteiger partial charge is 0.158 e. The van der Waals surface area contributed by atoms with Gasteiger partial charge in [-0.1, -0.05) is 0 Å². The maximum atomic E-state index is 5.89. The average molecular weight is 265 g/mol. The molecule has 0 atom stereocenters. The van der Waals surface area contributed by atoms with E-state index in [1.165, 1.54) is 0 Å². The van der Waals surface area contributed by atoms with Gasteiger partial charge in [0.2, 0.25) is 0 Å². The third kappa shape index (κ3) is 2.45. The molecule has 0 amide bonds. The molecule has 1 saturated heterocycles. The van der Waals surface area contributed by atoms with Crippen molar-refractivity contribution in [1.82, 2.24) is 9.97 Å². The molecule has 2 aromatic rings. The van der Waals surface area contributed by atoms with Crippen LogP contribution in [0.1, 0.15) is 18.7 Å². The van der Waals surface area contributed by atoms with Gasteiger partial charge >= 0.3 is 0 Å². The molecule has 2 N–H and O–H groups in total. The van der Waals surface area contributed by atoms with E-state index in [2.05, 4.69) is 9.97 Å². The van der Waals surface area contributed by atoms with Gasteiger partial charge in [0, 0.05) is 13.2 Å². The summed E-state index contributed by atoms with van der Waals surface area (Å²) in [7, 11) is 0. The maximum absolute atomic E-state index is 5.89. The summed E-state index contributed by atoms with van der Waals surface area (Å²) in [5.74, 6) is 1.20. The Morgan fingerprint density at radius 2 is 2.22 bits per heavy atom. The normalized spacial score (nSPS) is 17.3. The summed E-state index contributed by atoms with van der Waals surface area (Å²) in [4.78, 5) is 9.65. The van der Waals surface area contributed by atoms with E-state index in [9.17, 15) is 0 Å². The third-order valence-corrected chi connectivity index (χ3v) is 3.82. The Bertz CT molecular complexity index is 537. The zero-order valence-corrected chi connectivity index (χ0v) is 10.8. The van der Waals surface area contributed by atoms with E-state index in [1.807, 2.05) is 11.4 Å². The van der Waals surface area contributed by atoms with E-state index in [0.717, 1.165) is 36.3 Å². The molecule has 1 aliphatic heterocycles. The highest BCUT2D eigenvalue weighted by Gasteiger charge is 2.15. The average Bonchev–Trinajstić information content (AvgIpc) is 2.86. The van der Waals surface area contributed by atoms with Crippen LogP contribution in [0, 0.1) is 0 Å². The van der Waals surface area contributed by atoms with Crippen LogP contribution in [-0.2, 0) is 16.1 Å². The minimum Gasteiger partial charge on any atom is -0.383 e. The Morgan fingerprint density at radius 3 is 3.06 bits per heavy atom. The molecule has 5 nitrogen and oxygen atoms in total. The fraction of sp³-hybridized carbons (Fsp3) is 0.500. The molecular formula is C12H15N3O2S. The Labute approximate surface area is 109 Å². The number of rotatable bonds is 3. The minimum absolute atomic E-state index is 0.252. The van der Waals surface area contributed by atoms with Crippen molar-refractivity contribution < 1.29 is 9.47 Å². The second-order valence-corrected chi connectivity index (χ2v) is 5.18. The van der Waals surface area contributed by atoms with Gasteiger partial charge in [-0.2, -0.15) is 0 Å². The molecule has 18 heavy (non-hydrogen) atoms. The molecule has 1 fully saturated rings. The molecule has 0 spiro atoms. The number of anilines is 1. The van der Waals surface area contributed by atoms with Gasteiger partial charge in [-0.3, -0.25) is 0 Å². The van der Waals surface area contributed by atoms with Crippen LogP contribution >= 0.6 is 11.3 Å².